The molecule has 0 aliphatic carbocycles. The van der Waals surface area contributed by atoms with Crippen LogP contribution >= 0.6 is 0 Å². The van der Waals surface area contributed by atoms with Gasteiger partial charge in [-0.25, -0.2) is 20.8 Å². The number of aromatic nitrogens is 1. The average Bonchev–Trinajstić information content (AvgIpc) is 3.15. The first-order valence-corrected chi connectivity index (χ1v) is 12.1. The van der Waals surface area contributed by atoms with Crippen LogP contribution in [0.25, 0.3) is 10.9 Å². The smallest absolute Gasteiger partial charge is 0.241 e. The highest BCUT2D eigenvalue weighted by atomic mass is 32.2. The summed E-state index contributed by atoms with van der Waals surface area (Å²) in [5.41, 5.74) is 1.98. The quantitative estimate of drug-likeness (QED) is 0.481. The first kappa shape index (κ1) is 19.4. The van der Waals surface area contributed by atoms with Crippen LogP contribution in [0, 0.1) is 6.92 Å². The Kier molecular flexibility index (Phi) is 4.80. The molecule has 29 heavy (non-hydrogen) atoms. The highest BCUT2D eigenvalue weighted by Crippen LogP contribution is 2.27. The van der Waals surface area contributed by atoms with Crippen molar-refractivity contribution in [2.45, 2.75) is 22.5 Å². The SMILES string of the molecule is Cc1ccc(S(=O)(=O)n2ccc3c(CS(=O)(=O)c4ccccc4)cccc32)cc1. The second-order valence-corrected chi connectivity index (χ2v) is 10.7. The van der Waals surface area contributed by atoms with Crippen molar-refractivity contribution in [3.63, 3.8) is 0 Å². The molecule has 0 unspecified atom stereocenters. The number of aryl methyl sites for hydroxylation is 1. The van der Waals surface area contributed by atoms with Gasteiger partial charge in [0.05, 0.1) is 21.1 Å². The molecule has 7 heteroatoms. The summed E-state index contributed by atoms with van der Waals surface area (Å²) in [6.45, 7) is 1.89. The number of sulfone groups is 1. The van der Waals surface area contributed by atoms with E-state index in [0.717, 1.165) is 5.56 Å². The molecule has 4 rings (SSSR count). The molecule has 0 fully saturated rings. The van der Waals surface area contributed by atoms with Gasteiger partial charge in [0.2, 0.25) is 0 Å². The van der Waals surface area contributed by atoms with Crippen LogP contribution in [0.2, 0.25) is 0 Å². The van der Waals surface area contributed by atoms with Crippen molar-refractivity contribution < 1.29 is 16.8 Å². The van der Waals surface area contributed by atoms with Crippen LogP contribution in [0.1, 0.15) is 11.1 Å². The lowest BCUT2D eigenvalue weighted by Gasteiger charge is -2.10. The van der Waals surface area contributed by atoms with Crippen molar-refractivity contribution in [2.75, 3.05) is 0 Å². The molecular weight excluding hydrogens is 406 g/mol. The fourth-order valence-corrected chi connectivity index (χ4v) is 6.03. The normalized spacial score (nSPS) is 12.3. The molecule has 148 valence electrons. The summed E-state index contributed by atoms with van der Waals surface area (Å²) in [6, 6.07) is 21.6. The van der Waals surface area contributed by atoms with Crippen molar-refractivity contribution in [1.82, 2.24) is 3.97 Å². The van der Waals surface area contributed by atoms with Crippen LogP contribution < -0.4 is 0 Å². The van der Waals surface area contributed by atoms with Crippen molar-refractivity contribution in [3.8, 4) is 0 Å². The fraction of sp³-hybridized carbons (Fsp3) is 0.0909. The summed E-state index contributed by atoms with van der Waals surface area (Å²) in [4.78, 5) is 0.423. The van der Waals surface area contributed by atoms with Gasteiger partial charge in [-0.15, -0.1) is 0 Å². The van der Waals surface area contributed by atoms with E-state index >= 15 is 0 Å². The van der Waals surface area contributed by atoms with Crippen molar-refractivity contribution >= 4 is 30.8 Å². The standard InChI is InChI=1S/C22H19NO4S2/c1-17-10-12-20(13-11-17)29(26,27)23-15-14-21-18(6-5-9-22(21)23)16-28(24,25)19-7-3-2-4-8-19/h2-15H,16H2,1H3. The monoisotopic (exact) mass is 425 g/mol. The number of hydrogen-bond acceptors (Lipinski definition) is 4. The second-order valence-electron chi connectivity index (χ2n) is 6.85. The molecule has 0 amide bonds. The molecular formula is C22H19NO4S2. The zero-order valence-corrected chi connectivity index (χ0v) is 17.3. The van der Waals surface area contributed by atoms with Gasteiger partial charge in [0.1, 0.15) is 0 Å². The predicted molar refractivity (Wildman–Crippen MR) is 113 cm³/mol. The van der Waals surface area contributed by atoms with E-state index in [0.29, 0.717) is 16.5 Å². The molecule has 1 heterocycles. The Bertz CT molecular complexity index is 1390. The first-order valence-electron chi connectivity index (χ1n) is 8.98. The molecule has 0 aliphatic rings. The van der Waals surface area contributed by atoms with Crippen molar-refractivity contribution in [1.29, 1.82) is 0 Å². The van der Waals surface area contributed by atoms with Gasteiger partial charge in [0, 0.05) is 11.6 Å². The summed E-state index contributed by atoms with van der Waals surface area (Å²) in [5, 5.41) is 0.600. The molecule has 5 nitrogen and oxygen atoms in total. The first-order chi connectivity index (χ1) is 13.8. The molecule has 0 aliphatic heterocycles. The number of benzene rings is 3. The lowest BCUT2D eigenvalue weighted by Crippen LogP contribution is -2.12. The molecule has 0 radical (unpaired) electrons. The molecule has 0 saturated carbocycles. The largest absolute Gasteiger partial charge is 0.268 e. The van der Waals surface area contributed by atoms with E-state index < -0.39 is 19.9 Å². The molecule has 0 atom stereocenters. The van der Waals surface area contributed by atoms with Crippen LogP contribution in [0.4, 0.5) is 0 Å². The van der Waals surface area contributed by atoms with Crippen molar-refractivity contribution in [2.24, 2.45) is 0 Å². The van der Waals surface area contributed by atoms with Gasteiger partial charge in [-0.1, -0.05) is 48.0 Å². The summed E-state index contributed by atoms with van der Waals surface area (Å²) < 4.78 is 52.9. The Labute approximate surface area is 170 Å². The maximum atomic E-state index is 13.1. The Morgan fingerprint density at radius 3 is 2.10 bits per heavy atom. The van der Waals surface area contributed by atoms with Gasteiger partial charge in [-0.3, -0.25) is 0 Å². The van der Waals surface area contributed by atoms with Crippen LogP contribution in [0.5, 0.6) is 0 Å². The van der Waals surface area contributed by atoms with Gasteiger partial charge in [-0.2, -0.15) is 0 Å². The fourth-order valence-electron chi connectivity index (χ4n) is 3.28. The third kappa shape index (κ3) is 3.59. The van der Waals surface area contributed by atoms with E-state index in [1.807, 2.05) is 6.92 Å². The van der Waals surface area contributed by atoms with Gasteiger partial charge in [0.25, 0.3) is 10.0 Å². The highest BCUT2D eigenvalue weighted by Gasteiger charge is 2.21. The minimum atomic E-state index is -3.78. The zero-order valence-electron chi connectivity index (χ0n) is 15.7. The Morgan fingerprint density at radius 2 is 1.41 bits per heavy atom. The van der Waals surface area contributed by atoms with E-state index in [1.54, 1.807) is 78.9 Å². The van der Waals surface area contributed by atoms with Gasteiger partial charge in [-0.05, 0) is 48.9 Å². The number of rotatable bonds is 5. The van der Waals surface area contributed by atoms with E-state index in [9.17, 15) is 16.8 Å². The van der Waals surface area contributed by atoms with E-state index in [-0.39, 0.29) is 15.5 Å². The van der Waals surface area contributed by atoms with E-state index in [2.05, 4.69) is 0 Å². The van der Waals surface area contributed by atoms with Crippen molar-refractivity contribution in [3.05, 3.63) is 96.2 Å². The van der Waals surface area contributed by atoms with Crippen LogP contribution in [-0.2, 0) is 25.6 Å². The molecule has 3 aromatic carbocycles. The Morgan fingerprint density at radius 1 is 0.724 bits per heavy atom. The number of hydrogen-bond donors (Lipinski definition) is 0. The average molecular weight is 426 g/mol. The summed E-state index contributed by atoms with van der Waals surface area (Å²) in [6.07, 6.45) is 1.47. The lowest BCUT2D eigenvalue weighted by atomic mass is 10.1. The summed E-state index contributed by atoms with van der Waals surface area (Å²) in [7, 11) is -7.33. The second kappa shape index (κ2) is 7.17. The third-order valence-corrected chi connectivity index (χ3v) is 8.20. The zero-order chi connectivity index (χ0) is 20.6. The predicted octanol–water partition coefficient (Wildman–Crippen LogP) is 4.16. The van der Waals surface area contributed by atoms with Crippen LogP contribution in [0.3, 0.4) is 0 Å². The molecule has 4 aromatic rings. The minimum Gasteiger partial charge on any atom is -0.241 e. The van der Waals surface area contributed by atoms with E-state index in [4.69, 9.17) is 0 Å². The summed E-state index contributed by atoms with van der Waals surface area (Å²) in [5.74, 6) is -0.205. The minimum absolute atomic E-state index is 0.183. The third-order valence-electron chi connectivity index (χ3n) is 4.81. The molecule has 0 spiro atoms. The maximum Gasteiger partial charge on any atom is 0.268 e. The van der Waals surface area contributed by atoms with E-state index in [1.165, 1.54) is 10.2 Å². The number of nitrogens with zero attached hydrogens (tertiary/aromatic N) is 1. The molecule has 0 bridgehead atoms. The van der Waals surface area contributed by atoms with Crippen LogP contribution in [-0.4, -0.2) is 20.8 Å². The lowest BCUT2D eigenvalue weighted by molar-refractivity contribution is 0.588. The molecule has 0 N–H and O–H groups in total. The van der Waals surface area contributed by atoms with Gasteiger partial charge < -0.3 is 0 Å². The van der Waals surface area contributed by atoms with Gasteiger partial charge in [0.15, 0.2) is 9.84 Å². The Hall–Kier alpha value is -2.90. The highest BCUT2D eigenvalue weighted by molar-refractivity contribution is 7.90. The Balaban J connectivity index is 1.79. The summed E-state index contributed by atoms with van der Waals surface area (Å²) >= 11 is 0. The maximum absolute atomic E-state index is 13.1. The molecule has 1 aromatic heterocycles. The van der Waals surface area contributed by atoms with Gasteiger partial charge >= 0.3 is 0 Å². The molecule has 0 saturated heterocycles. The number of fused-ring (bicyclic) bond motifs is 1. The topological polar surface area (TPSA) is 73.2 Å². The van der Waals surface area contributed by atoms with Crippen LogP contribution in [0.15, 0.2) is 94.9 Å².